The molecule has 0 bridgehead atoms. The number of rotatable bonds is 2. The van der Waals surface area contributed by atoms with E-state index >= 15 is 0 Å². The largest absolute Gasteiger partial charge is 0.355 e. The summed E-state index contributed by atoms with van der Waals surface area (Å²) in [6, 6.07) is 2.42. The molecule has 6 nitrogen and oxygen atoms in total. The van der Waals surface area contributed by atoms with E-state index in [1.807, 2.05) is 6.20 Å². The van der Waals surface area contributed by atoms with Gasteiger partial charge < -0.3 is 15.2 Å². The molecule has 1 amide bonds. The smallest absolute Gasteiger partial charge is 0.217 e. The highest BCUT2D eigenvalue weighted by molar-refractivity contribution is 5.87. The molecule has 1 aliphatic carbocycles. The quantitative estimate of drug-likeness (QED) is 0.891. The third-order valence-corrected chi connectivity index (χ3v) is 5.52. The molecule has 6 heteroatoms. The number of fused-ring (bicyclic) bond motifs is 1. The number of carbonyl (C=O) groups is 1. The van der Waals surface area contributed by atoms with Gasteiger partial charge in [0.2, 0.25) is 5.91 Å². The van der Waals surface area contributed by atoms with Gasteiger partial charge in [-0.15, -0.1) is 0 Å². The van der Waals surface area contributed by atoms with E-state index in [0.717, 1.165) is 42.8 Å². The summed E-state index contributed by atoms with van der Waals surface area (Å²) in [5, 5.41) is 4.18. The molecule has 3 heterocycles. The van der Waals surface area contributed by atoms with Crippen molar-refractivity contribution in [3.05, 3.63) is 18.6 Å². The average molecular weight is 313 g/mol. The minimum atomic E-state index is 0.0924. The zero-order chi connectivity index (χ0) is 15.9. The van der Waals surface area contributed by atoms with E-state index in [4.69, 9.17) is 0 Å². The van der Waals surface area contributed by atoms with Crippen molar-refractivity contribution in [1.29, 1.82) is 0 Å². The number of aromatic nitrogens is 3. The first-order valence-electron chi connectivity index (χ1n) is 8.45. The van der Waals surface area contributed by atoms with Crippen molar-refractivity contribution in [3.8, 4) is 0 Å². The lowest BCUT2D eigenvalue weighted by molar-refractivity contribution is -0.120. The first kappa shape index (κ1) is 14.5. The molecule has 4 rings (SSSR count). The molecule has 0 radical (unpaired) electrons. The fourth-order valence-electron chi connectivity index (χ4n) is 4.30. The predicted octanol–water partition coefficient (Wildman–Crippen LogP) is 2.23. The van der Waals surface area contributed by atoms with Crippen LogP contribution in [0.15, 0.2) is 18.6 Å². The fourth-order valence-corrected chi connectivity index (χ4v) is 4.30. The summed E-state index contributed by atoms with van der Waals surface area (Å²) in [4.78, 5) is 25.6. The Kier molecular flexibility index (Phi) is 3.47. The lowest BCUT2D eigenvalue weighted by atomic mass is 9.72. The maximum absolute atomic E-state index is 11.2. The van der Waals surface area contributed by atoms with E-state index in [9.17, 15) is 4.79 Å². The Morgan fingerprint density at radius 1 is 1.35 bits per heavy atom. The summed E-state index contributed by atoms with van der Waals surface area (Å²) in [5.74, 6) is 1.15. The molecule has 1 saturated heterocycles. The number of hydrogen-bond donors (Lipinski definition) is 2. The number of anilines is 1. The molecule has 0 aromatic carbocycles. The van der Waals surface area contributed by atoms with Gasteiger partial charge in [0, 0.05) is 32.3 Å². The van der Waals surface area contributed by atoms with Gasteiger partial charge in [0.05, 0.1) is 5.39 Å². The monoisotopic (exact) mass is 313 g/mol. The van der Waals surface area contributed by atoms with Crippen molar-refractivity contribution in [2.24, 2.45) is 5.41 Å². The van der Waals surface area contributed by atoms with Crippen molar-refractivity contribution in [2.45, 2.75) is 45.1 Å². The van der Waals surface area contributed by atoms with Gasteiger partial charge >= 0.3 is 0 Å². The van der Waals surface area contributed by atoms with Crippen LogP contribution in [0.25, 0.3) is 11.0 Å². The number of nitrogens with one attached hydrogen (secondary N) is 2. The van der Waals surface area contributed by atoms with E-state index in [0.29, 0.717) is 11.5 Å². The molecule has 2 aliphatic rings. The van der Waals surface area contributed by atoms with Gasteiger partial charge in [-0.05, 0) is 43.6 Å². The molecule has 0 unspecified atom stereocenters. The highest BCUT2D eigenvalue weighted by Gasteiger charge is 2.41. The molecule has 2 aromatic rings. The number of nitrogens with zero attached hydrogens (tertiary/aromatic N) is 3. The SMILES string of the molecule is CC(=O)NC1CCC2(CC1)CCN(c1ncnc3[nH]ccc13)C2. The Morgan fingerprint density at radius 3 is 2.96 bits per heavy atom. The second-order valence-electron chi connectivity index (χ2n) is 7.08. The molecule has 1 aliphatic heterocycles. The number of hydrogen-bond acceptors (Lipinski definition) is 4. The molecule has 2 fully saturated rings. The minimum Gasteiger partial charge on any atom is -0.355 e. The van der Waals surface area contributed by atoms with Crippen molar-refractivity contribution >= 4 is 22.8 Å². The maximum atomic E-state index is 11.2. The van der Waals surface area contributed by atoms with Crippen LogP contribution in [0.5, 0.6) is 0 Å². The van der Waals surface area contributed by atoms with E-state index in [1.54, 1.807) is 13.3 Å². The number of H-pyrrole nitrogens is 1. The van der Waals surface area contributed by atoms with Gasteiger partial charge in [0.15, 0.2) is 0 Å². The Hall–Kier alpha value is -2.11. The Balaban J connectivity index is 1.47. The number of carbonyl (C=O) groups excluding carboxylic acids is 1. The number of amides is 1. The summed E-state index contributed by atoms with van der Waals surface area (Å²) in [5.41, 5.74) is 1.30. The van der Waals surface area contributed by atoms with Crippen LogP contribution in [-0.2, 0) is 4.79 Å². The highest BCUT2D eigenvalue weighted by Crippen LogP contribution is 2.45. The maximum Gasteiger partial charge on any atom is 0.217 e. The predicted molar refractivity (Wildman–Crippen MR) is 89.2 cm³/mol. The lowest BCUT2D eigenvalue weighted by Gasteiger charge is -2.37. The van der Waals surface area contributed by atoms with Crippen molar-refractivity contribution in [3.63, 3.8) is 0 Å². The lowest BCUT2D eigenvalue weighted by Crippen LogP contribution is -2.40. The number of aromatic amines is 1. The van der Waals surface area contributed by atoms with Crippen molar-refractivity contribution in [1.82, 2.24) is 20.3 Å². The van der Waals surface area contributed by atoms with Gasteiger partial charge in [-0.2, -0.15) is 0 Å². The van der Waals surface area contributed by atoms with Crippen LogP contribution >= 0.6 is 0 Å². The molecule has 1 spiro atoms. The van der Waals surface area contributed by atoms with Crippen LogP contribution in [0.2, 0.25) is 0 Å². The van der Waals surface area contributed by atoms with Gasteiger partial charge in [-0.1, -0.05) is 0 Å². The average Bonchev–Trinajstić information content (AvgIpc) is 3.16. The summed E-state index contributed by atoms with van der Waals surface area (Å²) in [7, 11) is 0. The van der Waals surface area contributed by atoms with Gasteiger partial charge in [0.25, 0.3) is 0 Å². The fraction of sp³-hybridized carbons (Fsp3) is 0.588. The minimum absolute atomic E-state index is 0.0924. The van der Waals surface area contributed by atoms with Gasteiger partial charge in [-0.25, -0.2) is 9.97 Å². The van der Waals surface area contributed by atoms with Gasteiger partial charge in [-0.3, -0.25) is 4.79 Å². The molecule has 122 valence electrons. The van der Waals surface area contributed by atoms with Crippen LogP contribution in [0.3, 0.4) is 0 Å². The molecular formula is C17H23N5O. The Labute approximate surface area is 135 Å². The first-order chi connectivity index (χ1) is 11.2. The molecule has 23 heavy (non-hydrogen) atoms. The van der Waals surface area contributed by atoms with Crippen molar-refractivity contribution < 1.29 is 4.79 Å². The summed E-state index contributed by atoms with van der Waals surface area (Å²) >= 11 is 0. The van der Waals surface area contributed by atoms with Crippen LogP contribution in [0, 0.1) is 5.41 Å². The van der Waals surface area contributed by atoms with Crippen LogP contribution in [0.4, 0.5) is 5.82 Å². The van der Waals surface area contributed by atoms with E-state index in [-0.39, 0.29) is 5.91 Å². The molecule has 2 N–H and O–H groups in total. The van der Waals surface area contributed by atoms with Crippen molar-refractivity contribution in [2.75, 3.05) is 18.0 Å². The summed E-state index contributed by atoms with van der Waals surface area (Å²) in [6.45, 7) is 3.73. The topological polar surface area (TPSA) is 73.9 Å². The van der Waals surface area contributed by atoms with E-state index in [1.165, 1.54) is 19.3 Å². The molecule has 0 atom stereocenters. The normalized spacial score (nSPS) is 27.7. The van der Waals surface area contributed by atoms with E-state index < -0.39 is 0 Å². The van der Waals surface area contributed by atoms with Crippen LogP contribution in [-0.4, -0.2) is 40.0 Å². The van der Waals surface area contributed by atoms with Crippen LogP contribution in [0.1, 0.15) is 39.0 Å². The first-order valence-corrected chi connectivity index (χ1v) is 8.45. The second-order valence-corrected chi connectivity index (χ2v) is 7.08. The van der Waals surface area contributed by atoms with Crippen LogP contribution < -0.4 is 10.2 Å². The third kappa shape index (κ3) is 2.66. The molecular weight excluding hydrogens is 290 g/mol. The Morgan fingerprint density at radius 2 is 2.17 bits per heavy atom. The standard InChI is InChI=1S/C17H23N5O/c1-12(23)21-13-2-5-17(6-3-13)7-9-22(10-17)16-14-4-8-18-15(14)19-11-20-16/h4,8,11,13H,2-3,5-7,9-10H2,1H3,(H,21,23)(H,18,19,20). The van der Waals surface area contributed by atoms with Gasteiger partial charge in [0.1, 0.15) is 17.8 Å². The highest BCUT2D eigenvalue weighted by atomic mass is 16.1. The zero-order valence-electron chi connectivity index (χ0n) is 13.5. The van der Waals surface area contributed by atoms with E-state index in [2.05, 4.69) is 31.2 Å². The third-order valence-electron chi connectivity index (χ3n) is 5.52. The molecule has 2 aromatic heterocycles. The Bertz CT molecular complexity index is 717. The summed E-state index contributed by atoms with van der Waals surface area (Å²) < 4.78 is 0. The second kappa shape index (κ2) is 5.51. The summed E-state index contributed by atoms with van der Waals surface area (Å²) in [6.07, 6.45) is 9.36. The zero-order valence-corrected chi connectivity index (χ0v) is 13.5. The molecule has 1 saturated carbocycles.